The van der Waals surface area contributed by atoms with Crippen molar-refractivity contribution < 1.29 is 17.6 Å². The van der Waals surface area contributed by atoms with Gasteiger partial charge < -0.3 is 4.90 Å². The molecule has 0 aromatic heterocycles. The van der Waals surface area contributed by atoms with Crippen molar-refractivity contribution >= 4 is 5.69 Å². The summed E-state index contributed by atoms with van der Waals surface area (Å²) in [6.07, 6.45) is -4.63. The van der Waals surface area contributed by atoms with Gasteiger partial charge in [0.25, 0.3) is 0 Å². The fourth-order valence-corrected chi connectivity index (χ4v) is 1.01. The molecule has 0 saturated carbocycles. The molecule has 0 aliphatic heterocycles. The molecule has 1 aromatic carbocycles. The second-order valence-electron chi connectivity index (χ2n) is 3.06. The van der Waals surface area contributed by atoms with Crippen molar-refractivity contribution in [2.45, 2.75) is 6.18 Å². The minimum Gasteiger partial charge on any atom is -0.378 e. The van der Waals surface area contributed by atoms with Gasteiger partial charge in [0.15, 0.2) is 0 Å². The molecule has 0 aliphatic rings. The number of hydrogen-bond acceptors (Lipinski definition) is 1. The normalized spacial score (nSPS) is 11.6. The second kappa shape index (κ2) is 3.48. The lowest BCUT2D eigenvalue weighted by molar-refractivity contribution is -0.139. The Balaban J connectivity index is 3.15. The van der Waals surface area contributed by atoms with Crippen molar-refractivity contribution in [3.63, 3.8) is 0 Å². The lowest BCUT2D eigenvalue weighted by Gasteiger charge is -2.14. The van der Waals surface area contributed by atoms with E-state index in [4.69, 9.17) is 0 Å². The van der Waals surface area contributed by atoms with Crippen molar-refractivity contribution in [2.75, 3.05) is 19.0 Å². The highest BCUT2D eigenvalue weighted by molar-refractivity contribution is 5.47. The smallest absolute Gasteiger partial charge is 0.378 e. The number of alkyl halides is 3. The topological polar surface area (TPSA) is 3.24 Å². The number of halogens is 4. The van der Waals surface area contributed by atoms with E-state index < -0.39 is 17.6 Å². The van der Waals surface area contributed by atoms with Crippen molar-refractivity contribution in [3.05, 3.63) is 29.6 Å². The summed E-state index contributed by atoms with van der Waals surface area (Å²) in [5.41, 5.74) is -0.835. The predicted molar refractivity (Wildman–Crippen MR) is 45.7 cm³/mol. The Morgan fingerprint density at radius 3 is 2.07 bits per heavy atom. The number of rotatable bonds is 1. The molecule has 0 radical (unpaired) electrons. The minimum atomic E-state index is -4.63. The van der Waals surface area contributed by atoms with Crippen LogP contribution in [0.25, 0.3) is 0 Å². The largest absolute Gasteiger partial charge is 0.419 e. The van der Waals surface area contributed by atoms with Crippen LogP contribution in [-0.4, -0.2) is 14.1 Å². The minimum absolute atomic E-state index is 0.399. The lowest BCUT2D eigenvalue weighted by atomic mass is 10.2. The Hall–Kier alpha value is -1.26. The Kier molecular flexibility index (Phi) is 2.69. The Morgan fingerprint density at radius 1 is 1.14 bits per heavy atom. The number of benzene rings is 1. The van der Waals surface area contributed by atoms with Crippen LogP contribution >= 0.6 is 0 Å². The summed E-state index contributed by atoms with van der Waals surface area (Å²) < 4.78 is 49.3. The third kappa shape index (κ3) is 2.16. The van der Waals surface area contributed by atoms with Crippen LogP contribution in [-0.2, 0) is 6.18 Å². The zero-order chi connectivity index (χ0) is 10.9. The monoisotopic (exact) mass is 207 g/mol. The molecule has 1 nitrogen and oxygen atoms in total. The quantitative estimate of drug-likeness (QED) is 0.640. The summed E-state index contributed by atoms with van der Waals surface area (Å²) >= 11 is 0. The van der Waals surface area contributed by atoms with Crippen LogP contribution in [0, 0.1) is 5.82 Å². The van der Waals surface area contributed by atoms with Gasteiger partial charge in [-0.05, 0) is 18.2 Å². The summed E-state index contributed by atoms with van der Waals surface area (Å²) in [7, 11) is 3.25. The van der Waals surface area contributed by atoms with Crippen LogP contribution in [0.5, 0.6) is 0 Å². The van der Waals surface area contributed by atoms with Gasteiger partial charge in [0.2, 0.25) is 0 Å². The molecule has 0 saturated heterocycles. The first kappa shape index (κ1) is 10.8. The van der Waals surface area contributed by atoms with Gasteiger partial charge in [-0.2, -0.15) is 13.2 Å². The first-order valence-corrected chi connectivity index (χ1v) is 3.86. The van der Waals surface area contributed by atoms with E-state index in [9.17, 15) is 17.6 Å². The van der Waals surface area contributed by atoms with Gasteiger partial charge >= 0.3 is 6.18 Å². The molecule has 1 aromatic rings. The average Bonchev–Trinajstić information content (AvgIpc) is 2.01. The summed E-state index contributed by atoms with van der Waals surface area (Å²) in [5, 5.41) is 0. The van der Waals surface area contributed by atoms with E-state index in [1.54, 1.807) is 14.1 Å². The zero-order valence-corrected chi connectivity index (χ0v) is 7.69. The first-order valence-electron chi connectivity index (χ1n) is 3.86. The number of hydrogen-bond donors (Lipinski definition) is 0. The molecule has 0 spiro atoms. The molecule has 1 rings (SSSR count). The summed E-state index contributed by atoms with van der Waals surface area (Å²) in [5.74, 6) is -1.25. The molecule has 0 amide bonds. The van der Waals surface area contributed by atoms with E-state index in [2.05, 4.69) is 0 Å². The van der Waals surface area contributed by atoms with Crippen LogP contribution in [0.15, 0.2) is 18.2 Å². The molecule has 0 N–H and O–H groups in total. The van der Waals surface area contributed by atoms with Gasteiger partial charge in [0.05, 0.1) is 5.56 Å². The van der Waals surface area contributed by atoms with Gasteiger partial charge in [-0.15, -0.1) is 0 Å². The van der Waals surface area contributed by atoms with Crippen LogP contribution in [0.1, 0.15) is 5.56 Å². The molecular weight excluding hydrogens is 198 g/mol. The zero-order valence-electron chi connectivity index (χ0n) is 7.69. The predicted octanol–water partition coefficient (Wildman–Crippen LogP) is 2.91. The van der Waals surface area contributed by atoms with Crippen LogP contribution in [0.3, 0.4) is 0 Å². The molecule has 78 valence electrons. The number of anilines is 1. The van der Waals surface area contributed by atoms with Gasteiger partial charge in [-0.1, -0.05) is 0 Å². The van der Waals surface area contributed by atoms with Gasteiger partial charge in [-0.25, -0.2) is 4.39 Å². The SMILES string of the molecule is CN(C)c1ccc(C(F)(F)F)c(F)c1. The molecule has 0 bridgehead atoms. The highest BCUT2D eigenvalue weighted by Gasteiger charge is 2.33. The fraction of sp³-hybridized carbons (Fsp3) is 0.333. The van der Waals surface area contributed by atoms with E-state index in [0.29, 0.717) is 5.69 Å². The van der Waals surface area contributed by atoms with Crippen molar-refractivity contribution in [1.29, 1.82) is 0 Å². The third-order valence-electron chi connectivity index (χ3n) is 1.77. The maximum atomic E-state index is 13.0. The van der Waals surface area contributed by atoms with Crippen LogP contribution in [0.2, 0.25) is 0 Å². The summed E-state index contributed by atoms with van der Waals surface area (Å²) in [6.45, 7) is 0. The van der Waals surface area contributed by atoms with Gasteiger partial charge in [-0.3, -0.25) is 0 Å². The fourth-order valence-electron chi connectivity index (χ4n) is 1.01. The van der Waals surface area contributed by atoms with E-state index in [1.807, 2.05) is 0 Å². The highest BCUT2D eigenvalue weighted by Crippen LogP contribution is 2.32. The molecule has 0 atom stereocenters. The van der Waals surface area contributed by atoms with Crippen LogP contribution in [0.4, 0.5) is 23.2 Å². The van der Waals surface area contributed by atoms with Crippen molar-refractivity contribution in [1.82, 2.24) is 0 Å². The molecule has 0 fully saturated rings. The first-order chi connectivity index (χ1) is 6.32. The molecule has 5 heteroatoms. The molecular formula is C9H9F4N. The van der Waals surface area contributed by atoms with E-state index >= 15 is 0 Å². The molecule has 14 heavy (non-hydrogen) atoms. The van der Waals surface area contributed by atoms with E-state index in [0.717, 1.165) is 12.1 Å². The maximum absolute atomic E-state index is 13.0. The second-order valence-corrected chi connectivity index (χ2v) is 3.06. The van der Waals surface area contributed by atoms with Gasteiger partial charge in [0.1, 0.15) is 5.82 Å². The Bertz CT molecular complexity index is 330. The average molecular weight is 207 g/mol. The summed E-state index contributed by atoms with van der Waals surface area (Å²) in [4.78, 5) is 1.53. The maximum Gasteiger partial charge on any atom is 0.419 e. The van der Waals surface area contributed by atoms with E-state index in [-0.39, 0.29) is 0 Å². The molecule has 0 heterocycles. The third-order valence-corrected chi connectivity index (χ3v) is 1.77. The van der Waals surface area contributed by atoms with Crippen molar-refractivity contribution in [3.8, 4) is 0 Å². The van der Waals surface area contributed by atoms with Gasteiger partial charge in [0, 0.05) is 19.8 Å². The molecule has 0 aliphatic carbocycles. The van der Waals surface area contributed by atoms with E-state index in [1.165, 1.54) is 11.0 Å². The Morgan fingerprint density at radius 2 is 1.71 bits per heavy atom. The standard InChI is InChI=1S/C9H9F4N/c1-14(2)6-3-4-7(8(10)5-6)9(11,12)13/h3-5H,1-2H3. The lowest BCUT2D eigenvalue weighted by Crippen LogP contribution is -2.12. The Labute approximate surface area is 78.9 Å². The number of nitrogens with zero attached hydrogens (tertiary/aromatic N) is 1. The van der Waals surface area contributed by atoms with Crippen LogP contribution < -0.4 is 4.90 Å². The van der Waals surface area contributed by atoms with Crippen molar-refractivity contribution in [2.24, 2.45) is 0 Å². The summed E-state index contributed by atoms with van der Waals surface area (Å²) in [6, 6.07) is 2.83. The molecule has 0 unspecified atom stereocenters. The highest BCUT2D eigenvalue weighted by atomic mass is 19.4.